The van der Waals surface area contributed by atoms with Crippen LogP contribution in [0.2, 0.25) is 5.02 Å². The second-order valence-corrected chi connectivity index (χ2v) is 4.81. The average molecular weight is 258 g/mol. The lowest BCUT2D eigenvalue weighted by atomic mass is 10.1. The van der Waals surface area contributed by atoms with Crippen LogP contribution in [0, 0.1) is 0 Å². The lowest BCUT2D eigenvalue weighted by molar-refractivity contribution is 0.0967. The van der Waals surface area contributed by atoms with E-state index in [1.807, 2.05) is 13.8 Å². The molecule has 2 N–H and O–H groups in total. The Morgan fingerprint density at radius 2 is 2.18 bits per heavy atom. The van der Waals surface area contributed by atoms with E-state index in [-0.39, 0.29) is 11.8 Å². The molecule has 0 atom stereocenters. The minimum Gasteiger partial charge on any atom is -0.330 e. The van der Waals surface area contributed by atoms with Gasteiger partial charge in [0.05, 0.1) is 11.2 Å². The van der Waals surface area contributed by atoms with E-state index < -0.39 is 0 Å². The van der Waals surface area contributed by atoms with E-state index in [0.29, 0.717) is 23.7 Å². The van der Waals surface area contributed by atoms with Crippen molar-refractivity contribution in [2.45, 2.75) is 45.6 Å². The molecule has 0 aliphatic rings. The molecule has 1 aromatic rings. The van der Waals surface area contributed by atoms with Crippen LogP contribution in [0.4, 0.5) is 0 Å². The monoisotopic (exact) mass is 257 g/mol. The third-order valence-electron chi connectivity index (χ3n) is 2.61. The summed E-state index contributed by atoms with van der Waals surface area (Å²) in [7, 11) is 0. The van der Waals surface area contributed by atoms with Gasteiger partial charge in [0.25, 0.3) is 0 Å². The summed E-state index contributed by atoms with van der Waals surface area (Å²) in [6, 6.07) is 0.144. The van der Waals surface area contributed by atoms with Crippen molar-refractivity contribution in [1.82, 2.24) is 9.78 Å². The van der Waals surface area contributed by atoms with Gasteiger partial charge in [-0.1, -0.05) is 18.0 Å². The molecule has 0 radical (unpaired) electrons. The Kier molecular flexibility index (Phi) is 5.65. The van der Waals surface area contributed by atoms with Crippen molar-refractivity contribution >= 4 is 17.4 Å². The lowest BCUT2D eigenvalue weighted by Gasteiger charge is -2.10. The van der Waals surface area contributed by atoms with Crippen molar-refractivity contribution in [3.8, 4) is 0 Å². The van der Waals surface area contributed by atoms with Gasteiger partial charge in [0.1, 0.15) is 5.69 Å². The number of unbranched alkanes of at least 4 members (excludes halogenated alkanes) is 2. The fraction of sp³-hybridized carbons (Fsp3) is 0.667. The summed E-state index contributed by atoms with van der Waals surface area (Å²) in [5, 5.41) is 4.57. The van der Waals surface area contributed by atoms with Gasteiger partial charge in [0.15, 0.2) is 5.78 Å². The molecule has 0 aromatic carbocycles. The molecule has 1 rings (SSSR count). The summed E-state index contributed by atoms with van der Waals surface area (Å²) in [5.74, 6) is 0.0678. The largest absolute Gasteiger partial charge is 0.330 e. The minimum absolute atomic E-state index is 0.0678. The Labute approximate surface area is 107 Å². The van der Waals surface area contributed by atoms with Gasteiger partial charge in [-0.25, -0.2) is 0 Å². The highest BCUT2D eigenvalue weighted by Crippen LogP contribution is 2.21. The number of carbonyl (C=O) groups excluding carboxylic acids is 1. The van der Waals surface area contributed by atoms with Crippen LogP contribution < -0.4 is 5.73 Å². The van der Waals surface area contributed by atoms with Gasteiger partial charge in [-0.3, -0.25) is 9.48 Å². The van der Waals surface area contributed by atoms with Crippen molar-refractivity contribution in [1.29, 1.82) is 0 Å². The standard InChI is InChI=1S/C12H20ClN3O/c1-9(2)16-12(10(13)8-15-16)11(17)6-4-3-5-7-14/h8-9H,3-7,14H2,1-2H3. The van der Waals surface area contributed by atoms with E-state index in [0.717, 1.165) is 19.3 Å². The maximum Gasteiger partial charge on any atom is 0.182 e. The van der Waals surface area contributed by atoms with Gasteiger partial charge < -0.3 is 5.73 Å². The van der Waals surface area contributed by atoms with Crippen LogP contribution in [0.3, 0.4) is 0 Å². The number of hydrogen-bond acceptors (Lipinski definition) is 3. The summed E-state index contributed by atoms with van der Waals surface area (Å²) in [4.78, 5) is 12.0. The Morgan fingerprint density at radius 1 is 1.47 bits per heavy atom. The number of nitrogens with zero attached hydrogens (tertiary/aromatic N) is 2. The highest BCUT2D eigenvalue weighted by Gasteiger charge is 2.18. The van der Waals surface area contributed by atoms with E-state index >= 15 is 0 Å². The zero-order valence-corrected chi connectivity index (χ0v) is 11.2. The van der Waals surface area contributed by atoms with E-state index in [1.165, 1.54) is 6.20 Å². The normalized spacial score (nSPS) is 11.1. The number of nitrogens with two attached hydrogens (primary N) is 1. The fourth-order valence-corrected chi connectivity index (χ4v) is 1.95. The van der Waals surface area contributed by atoms with Gasteiger partial charge in [0.2, 0.25) is 0 Å². The number of aromatic nitrogens is 2. The van der Waals surface area contributed by atoms with Gasteiger partial charge in [-0.2, -0.15) is 5.10 Å². The van der Waals surface area contributed by atoms with Crippen molar-refractivity contribution in [2.75, 3.05) is 6.54 Å². The van der Waals surface area contributed by atoms with Crippen molar-refractivity contribution < 1.29 is 4.79 Å². The minimum atomic E-state index is 0.0678. The van der Waals surface area contributed by atoms with Crippen molar-refractivity contribution in [3.63, 3.8) is 0 Å². The van der Waals surface area contributed by atoms with E-state index in [2.05, 4.69) is 5.10 Å². The summed E-state index contributed by atoms with van der Waals surface area (Å²) < 4.78 is 1.69. The number of carbonyl (C=O) groups is 1. The first-order chi connectivity index (χ1) is 8.07. The first-order valence-electron chi connectivity index (χ1n) is 6.04. The second kappa shape index (κ2) is 6.77. The first kappa shape index (κ1) is 14.2. The molecular weight excluding hydrogens is 238 g/mol. The van der Waals surface area contributed by atoms with Crippen LogP contribution in [0.1, 0.15) is 56.1 Å². The summed E-state index contributed by atoms with van der Waals surface area (Å²) >= 11 is 6.00. The van der Waals surface area contributed by atoms with Gasteiger partial charge >= 0.3 is 0 Å². The average Bonchev–Trinajstić information content (AvgIpc) is 2.66. The fourth-order valence-electron chi connectivity index (χ4n) is 1.72. The van der Waals surface area contributed by atoms with E-state index in [4.69, 9.17) is 17.3 Å². The SMILES string of the molecule is CC(C)n1ncc(Cl)c1C(=O)CCCCCN. The maximum atomic E-state index is 12.0. The molecule has 0 aliphatic heterocycles. The molecule has 0 aliphatic carbocycles. The molecule has 4 nitrogen and oxygen atoms in total. The molecule has 96 valence electrons. The van der Waals surface area contributed by atoms with Crippen LogP contribution in [-0.2, 0) is 0 Å². The van der Waals surface area contributed by atoms with Gasteiger partial charge in [0, 0.05) is 12.5 Å². The smallest absolute Gasteiger partial charge is 0.182 e. The van der Waals surface area contributed by atoms with E-state index in [1.54, 1.807) is 4.68 Å². The van der Waals surface area contributed by atoms with Crippen molar-refractivity contribution in [3.05, 3.63) is 16.9 Å². The molecule has 0 saturated carbocycles. The number of halogens is 1. The predicted molar refractivity (Wildman–Crippen MR) is 69.5 cm³/mol. The molecular formula is C12H20ClN3O. The number of hydrogen-bond donors (Lipinski definition) is 1. The number of Topliss-reactive ketones (excluding diaryl/α,β-unsaturated/α-hetero) is 1. The van der Waals surface area contributed by atoms with Crippen LogP contribution in [0.25, 0.3) is 0 Å². The Morgan fingerprint density at radius 3 is 2.76 bits per heavy atom. The van der Waals surface area contributed by atoms with Gasteiger partial charge in [-0.15, -0.1) is 0 Å². The maximum absolute atomic E-state index is 12.0. The lowest BCUT2D eigenvalue weighted by Crippen LogP contribution is -2.13. The van der Waals surface area contributed by atoms with Crippen LogP contribution in [0.15, 0.2) is 6.20 Å². The molecule has 0 bridgehead atoms. The Balaban J connectivity index is 2.65. The zero-order chi connectivity index (χ0) is 12.8. The topological polar surface area (TPSA) is 60.9 Å². The highest BCUT2D eigenvalue weighted by atomic mass is 35.5. The number of ketones is 1. The molecule has 17 heavy (non-hydrogen) atoms. The summed E-state index contributed by atoms with van der Waals surface area (Å²) in [5.41, 5.74) is 5.94. The highest BCUT2D eigenvalue weighted by molar-refractivity contribution is 6.33. The van der Waals surface area contributed by atoms with E-state index in [9.17, 15) is 4.79 Å². The molecule has 0 fully saturated rings. The summed E-state index contributed by atoms with van der Waals surface area (Å²) in [6.07, 6.45) is 4.85. The van der Waals surface area contributed by atoms with Crippen molar-refractivity contribution in [2.24, 2.45) is 5.73 Å². The molecule has 1 aromatic heterocycles. The van der Waals surface area contributed by atoms with Crippen LogP contribution in [-0.4, -0.2) is 22.1 Å². The molecule has 0 saturated heterocycles. The molecule has 1 heterocycles. The third-order valence-corrected chi connectivity index (χ3v) is 2.89. The second-order valence-electron chi connectivity index (χ2n) is 4.40. The third kappa shape index (κ3) is 3.82. The quantitative estimate of drug-likeness (QED) is 0.604. The Bertz CT molecular complexity index is 374. The first-order valence-corrected chi connectivity index (χ1v) is 6.42. The number of rotatable bonds is 7. The van der Waals surface area contributed by atoms with Crippen LogP contribution in [0.5, 0.6) is 0 Å². The van der Waals surface area contributed by atoms with Gasteiger partial charge in [-0.05, 0) is 33.2 Å². The molecule has 0 unspecified atom stereocenters. The Hall–Kier alpha value is -0.870. The summed E-state index contributed by atoms with van der Waals surface area (Å²) in [6.45, 7) is 4.64. The zero-order valence-electron chi connectivity index (χ0n) is 10.4. The molecule has 5 heteroatoms. The van der Waals surface area contributed by atoms with Crippen LogP contribution >= 0.6 is 11.6 Å². The molecule has 0 spiro atoms. The predicted octanol–water partition coefficient (Wildman–Crippen LogP) is 2.82. The molecule has 0 amide bonds.